The molecule has 2 N–H and O–H groups in total. The lowest BCUT2D eigenvalue weighted by Crippen LogP contribution is -2.15. The highest BCUT2D eigenvalue weighted by Gasteiger charge is 2.16. The molecule has 38 heavy (non-hydrogen) atoms. The van der Waals surface area contributed by atoms with Crippen LogP contribution in [0.1, 0.15) is 10.4 Å². The first-order valence-electron chi connectivity index (χ1n) is 11.6. The zero-order valence-corrected chi connectivity index (χ0v) is 21.9. The van der Waals surface area contributed by atoms with E-state index < -0.39 is 15.9 Å². The number of nitrogens with zero attached hydrogens (tertiary/aromatic N) is 1. The van der Waals surface area contributed by atoms with E-state index in [0.29, 0.717) is 16.4 Å². The number of nitrogens with one attached hydrogen (secondary N) is 2. The zero-order valence-electron chi connectivity index (χ0n) is 20.3. The van der Waals surface area contributed by atoms with Crippen LogP contribution in [-0.4, -0.2) is 26.4 Å². The van der Waals surface area contributed by atoms with E-state index in [1.807, 2.05) is 47.8 Å². The molecule has 7 nitrogen and oxygen atoms in total. The van der Waals surface area contributed by atoms with Crippen LogP contribution in [-0.2, 0) is 10.0 Å². The molecule has 5 rings (SSSR count). The van der Waals surface area contributed by atoms with Gasteiger partial charge in [0, 0.05) is 22.2 Å². The molecule has 1 aromatic heterocycles. The van der Waals surface area contributed by atoms with Gasteiger partial charge in [-0.1, -0.05) is 60.7 Å². The summed E-state index contributed by atoms with van der Waals surface area (Å²) in [7, 11) is -2.33. The van der Waals surface area contributed by atoms with Gasteiger partial charge in [-0.05, 0) is 53.6 Å². The van der Waals surface area contributed by atoms with Crippen LogP contribution >= 0.6 is 11.3 Å². The molecule has 0 saturated carbocycles. The van der Waals surface area contributed by atoms with Crippen molar-refractivity contribution in [3.63, 3.8) is 0 Å². The summed E-state index contributed by atoms with van der Waals surface area (Å²) in [5, 5.41) is 5.12. The Labute approximate surface area is 224 Å². The van der Waals surface area contributed by atoms with Crippen molar-refractivity contribution in [3.8, 4) is 28.1 Å². The van der Waals surface area contributed by atoms with Crippen molar-refractivity contribution in [3.05, 3.63) is 114 Å². The highest BCUT2D eigenvalue weighted by Crippen LogP contribution is 2.28. The number of methoxy groups -OCH3 is 1. The number of aromatic nitrogens is 1. The van der Waals surface area contributed by atoms with Crippen LogP contribution in [0.25, 0.3) is 22.4 Å². The van der Waals surface area contributed by atoms with Crippen molar-refractivity contribution in [1.82, 2.24) is 4.98 Å². The highest BCUT2D eigenvalue weighted by molar-refractivity contribution is 7.92. The Bertz CT molecular complexity index is 1670. The highest BCUT2D eigenvalue weighted by atomic mass is 32.2. The summed E-state index contributed by atoms with van der Waals surface area (Å²) in [6.07, 6.45) is 0. The number of amides is 1. The normalized spacial score (nSPS) is 11.1. The Morgan fingerprint density at radius 2 is 1.50 bits per heavy atom. The molecule has 0 radical (unpaired) electrons. The van der Waals surface area contributed by atoms with E-state index >= 15 is 0 Å². The molecular formula is C29H23N3O4S2. The number of carbonyl (C=O) groups excluding carboxylic acids is 1. The Morgan fingerprint density at radius 3 is 2.21 bits per heavy atom. The van der Waals surface area contributed by atoms with Crippen LogP contribution in [0.15, 0.2) is 113 Å². The fourth-order valence-electron chi connectivity index (χ4n) is 3.79. The van der Waals surface area contributed by atoms with Gasteiger partial charge >= 0.3 is 0 Å². The van der Waals surface area contributed by atoms with Gasteiger partial charge < -0.3 is 4.74 Å². The largest absolute Gasteiger partial charge is 0.497 e. The number of hydrogen-bond acceptors (Lipinski definition) is 6. The molecule has 0 unspecified atom stereocenters. The minimum absolute atomic E-state index is 0.0836. The standard InChI is InChI=1S/C29H23N3O4S2/c1-36-25-14-16-26(17-15-25)38(34,35)32-24-9-5-8-23(18-24)28(33)31-29-30-27(19-37-29)22-12-10-21(11-13-22)20-6-3-2-4-7-20/h2-19,32H,1H3,(H,30,31,33). The van der Waals surface area contributed by atoms with E-state index in [4.69, 9.17) is 4.74 Å². The number of carbonyl (C=O) groups is 1. The Morgan fingerprint density at radius 1 is 0.816 bits per heavy atom. The lowest BCUT2D eigenvalue weighted by molar-refractivity contribution is 0.102. The van der Waals surface area contributed by atoms with Gasteiger partial charge in [0.15, 0.2) is 5.13 Å². The van der Waals surface area contributed by atoms with Crippen LogP contribution in [0.2, 0.25) is 0 Å². The van der Waals surface area contributed by atoms with E-state index in [0.717, 1.165) is 22.4 Å². The molecule has 0 aliphatic carbocycles. The van der Waals surface area contributed by atoms with Gasteiger partial charge in [-0.25, -0.2) is 13.4 Å². The maximum atomic E-state index is 12.9. The van der Waals surface area contributed by atoms with Crippen molar-refractivity contribution in [2.75, 3.05) is 17.1 Å². The summed E-state index contributed by atoms with van der Waals surface area (Å²) < 4.78 is 33.1. The van der Waals surface area contributed by atoms with E-state index in [9.17, 15) is 13.2 Å². The van der Waals surface area contributed by atoms with Crippen molar-refractivity contribution in [2.24, 2.45) is 0 Å². The molecule has 0 aliphatic heterocycles. The Balaban J connectivity index is 1.26. The first-order chi connectivity index (χ1) is 18.4. The first-order valence-corrected chi connectivity index (χ1v) is 14.0. The van der Waals surface area contributed by atoms with Crippen molar-refractivity contribution < 1.29 is 17.9 Å². The summed E-state index contributed by atoms with van der Waals surface area (Å²) in [4.78, 5) is 17.5. The van der Waals surface area contributed by atoms with Gasteiger partial charge in [-0.3, -0.25) is 14.8 Å². The Hall–Kier alpha value is -4.47. The van der Waals surface area contributed by atoms with Gasteiger partial charge in [0.1, 0.15) is 5.75 Å². The zero-order chi connectivity index (χ0) is 26.5. The summed E-state index contributed by atoms with van der Waals surface area (Å²) >= 11 is 1.32. The van der Waals surface area contributed by atoms with Gasteiger partial charge in [-0.2, -0.15) is 0 Å². The topological polar surface area (TPSA) is 97.4 Å². The molecule has 5 aromatic rings. The molecule has 0 fully saturated rings. The van der Waals surface area contributed by atoms with Crippen LogP contribution < -0.4 is 14.8 Å². The summed E-state index contributed by atoms with van der Waals surface area (Å²) in [5.74, 6) is 0.160. The molecular weight excluding hydrogens is 518 g/mol. The molecule has 1 heterocycles. The molecule has 0 bridgehead atoms. The number of anilines is 2. The number of hydrogen-bond donors (Lipinski definition) is 2. The second-order valence-corrected chi connectivity index (χ2v) is 10.8. The average Bonchev–Trinajstić information content (AvgIpc) is 3.42. The third kappa shape index (κ3) is 5.74. The van der Waals surface area contributed by atoms with Crippen molar-refractivity contribution >= 4 is 38.1 Å². The maximum absolute atomic E-state index is 12.9. The number of thiazole rings is 1. The lowest BCUT2D eigenvalue weighted by Gasteiger charge is -2.10. The third-order valence-electron chi connectivity index (χ3n) is 5.76. The fraction of sp³-hybridized carbons (Fsp3) is 0.0345. The molecule has 0 spiro atoms. The van der Waals surface area contributed by atoms with E-state index in [1.54, 1.807) is 30.3 Å². The quantitative estimate of drug-likeness (QED) is 0.233. The lowest BCUT2D eigenvalue weighted by atomic mass is 10.0. The first kappa shape index (κ1) is 25.2. The number of rotatable bonds is 8. The van der Waals surface area contributed by atoms with Gasteiger partial charge in [0.25, 0.3) is 15.9 Å². The van der Waals surface area contributed by atoms with E-state index in [2.05, 4.69) is 27.2 Å². The van der Waals surface area contributed by atoms with Gasteiger partial charge in [-0.15, -0.1) is 11.3 Å². The van der Waals surface area contributed by atoms with Gasteiger partial charge in [0.05, 0.1) is 17.7 Å². The second-order valence-electron chi connectivity index (χ2n) is 8.30. The predicted molar refractivity (Wildman–Crippen MR) is 151 cm³/mol. The smallest absolute Gasteiger partial charge is 0.261 e. The second kappa shape index (κ2) is 10.9. The summed E-state index contributed by atoms with van der Waals surface area (Å²) in [6, 6.07) is 30.5. The monoisotopic (exact) mass is 541 g/mol. The van der Waals surface area contributed by atoms with Gasteiger partial charge in [0.2, 0.25) is 0 Å². The fourth-order valence-corrected chi connectivity index (χ4v) is 5.55. The SMILES string of the molecule is COc1ccc(S(=O)(=O)Nc2cccc(C(=O)Nc3nc(-c4ccc(-c5ccccc5)cc4)cs3)c2)cc1. The predicted octanol–water partition coefficient (Wildman–Crippen LogP) is 6.54. The third-order valence-corrected chi connectivity index (χ3v) is 7.91. The molecule has 190 valence electrons. The molecule has 0 saturated heterocycles. The summed E-state index contributed by atoms with van der Waals surface area (Å²) in [5.41, 5.74) is 4.51. The van der Waals surface area contributed by atoms with Crippen LogP contribution in [0.5, 0.6) is 5.75 Å². The number of ether oxygens (including phenoxy) is 1. The molecule has 9 heteroatoms. The van der Waals surface area contributed by atoms with Crippen LogP contribution in [0.4, 0.5) is 10.8 Å². The minimum Gasteiger partial charge on any atom is -0.497 e. The van der Waals surface area contributed by atoms with E-state index in [-0.39, 0.29) is 10.6 Å². The van der Waals surface area contributed by atoms with E-state index in [1.165, 1.54) is 36.6 Å². The minimum atomic E-state index is -3.84. The molecule has 1 amide bonds. The molecule has 0 aliphatic rings. The molecule has 0 atom stereocenters. The molecule has 4 aromatic carbocycles. The Kier molecular flexibility index (Phi) is 7.21. The maximum Gasteiger partial charge on any atom is 0.261 e. The number of benzene rings is 4. The van der Waals surface area contributed by atoms with Crippen molar-refractivity contribution in [1.29, 1.82) is 0 Å². The van der Waals surface area contributed by atoms with Crippen molar-refractivity contribution in [2.45, 2.75) is 4.90 Å². The van der Waals surface area contributed by atoms with Crippen LogP contribution in [0.3, 0.4) is 0 Å². The summed E-state index contributed by atoms with van der Waals surface area (Å²) in [6.45, 7) is 0. The van der Waals surface area contributed by atoms with Crippen LogP contribution in [0, 0.1) is 0 Å². The number of sulfonamides is 1. The average molecular weight is 542 g/mol.